The molecule has 0 radical (unpaired) electrons. The van der Waals surface area contributed by atoms with E-state index in [9.17, 15) is 4.79 Å². The predicted octanol–water partition coefficient (Wildman–Crippen LogP) is 1.56. The van der Waals surface area contributed by atoms with E-state index in [0.29, 0.717) is 19.0 Å². The number of amides is 1. The summed E-state index contributed by atoms with van der Waals surface area (Å²) < 4.78 is 2.20. The Morgan fingerprint density at radius 1 is 1.32 bits per heavy atom. The molecule has 0 aliphatic rings. The number of thioether (sulfide) groups is 1. The lowest BCUT2D eigenvalue weighted by atomic mass is 10.1. The van der Waals surface area contributed by atoms with E-state index in [-0.39, 0.29) is 11.8 Å². The van der Waals surface area contributed by atoms with Crippen molar-refractivity contribution in [2.75, 3.05) is 26.4 Å². The summed E-state index contributed by atoms with van der Waals surface area (Å²) in [6, 6.07) is 0. The highest BCUT2D eigenvalue weighted by atomic mass is 32.2. The fourth-order valence-electron chi connectivity index (χ4n) is 2.23. The third kappa shape index (κ3) is 5.96. The van der Waals surface area contributed by atoms with Crippen LogP contribution in [0.4, 0.5) is 0 Å². The van der Waals surface area contributed by atoms with Gasteiger partial charge in [0.1, 0.15) is 5.82 Å². The average molecular weight is 327 g/mol. The molecule has 0 aliphatic carbocycles. The SMILES string of the molecule is CNCC(C)C(=O)NCCCc1nnc(SC)n1CC(C)C. The normalized spacial score (nSPS) is 12.6. The molecule has 2 N–H and O–H groups in total. The lowest BCUT2D eigenvalue weighted by Gasteiger charge is -2.13. The third-order valence-electron chi connectivity index (χ3n) is 3.36. The largest absolute Gasteiger partial charge is 0.356 e. The van der Waals surface area contributed by atoms with Crippen molar-refractivity contribution in [2.24, 2.45) is 11.8 Å². The van der Waals surface area contributed by atoms with Gasteiger partial charge in [0, 0.05) is 32.0 Å². The fraction of sp³-hybridized carbons (Fsp3) is 0.800. The smallest absolute Gasteiger partial charge is 0.224 e. The van der Waals surface area contributed by atoms with Crippen LogP contribution in [0.1, 0.15) is 33.0 Å². The van der Waals surface area contributed by atoms with Crippen molar-refractivity contribution < 1.29 is 4.79 Å². The Bertz CT molecular complexity index is 461. The summed E-state index contributed by atoms with van der Waals surface area (Å²) in [5.41, 5.74) is 0. The predicted molar refractivity (Wildman–Crippen MR) is 91.1 cm³/mol. The van der Waals surface area contributed by atoms with E-state index >= 15 is 0 Å². The van der Waals surface area contributed by atoms with Crippen LogP contribution < -0.4 is 10.6 Å². The van der Waals surface area contributed by atoms with Crippen LogP contribution in [0.15, 0.2) is 5.16 Å². The molecular weight excluding hydrogens is 298 g/mol. The highest BCUT2D eigenvalue weighted by Crippen LogP contribution is 2.16. The first-order chi connectivity index (χ1) is 10.5. The van der Waals surface area contributed by atoms with E-state index in [0.717, 1.165) is 30.4 Å². The molecule has 0 aliphatic heterocycles. The molecule has 1 heterocycles. The minimum atomic E-state index is -0.00214. The number of carbonyl (C=O) groups excluding carboxylic acids is 1. The number of rotatable bonds is 10. The molecule has 0 spiro atoms. The van der Waals surface area contributed by atoms with Crippen molar-refractivity contribution in [3.8, 4) is 0 Å². The topological polar surface area (TPSA) is 71.8 Å². The second kappa shape index (κ2) is 9.84. The average Bonchev–Trinajstić information content (AvgIpc) is 2.85. The molecule has 7 heteroatoms. The molecule has 0 saturated heterocycles. The maximum Gasteiger partial charge on any atom is 0.224 e. The first kappa shape index (κ1) is 19.0. The van der Waals surface area contributed by atoms with Gasteiger partial charge in [0.25, 0.3) is 0 Å². The molecule has 1 atom stereocenters. The summed E-state index contributed by atoms with van der Waals surface area (Å²) in [4.78, 5) is 11.8. The molecular formula is C15H29N5OS. The van der Waals surface area contributed by atoms with Gasteiger partial charge in [0.2, 0.25) is 5.91 Å². The van der Waals surface area contributed by atoms with Crippen LogP contribution in [0, 0.1) is 11.8 Å². The van der Waals surface area contributed by atoms with Crippen LogP contribution in [0.2, 0.25) is 0 Å². The molecule has 1 rings (SSSR count). The molecule has 0 fully saturated rings. The standard InChI is InChI=1S/C15H29N5OS/c1-11(2)10-20-13(18-19-15(20)22-5)7-6-8-17-14(21)12(3)9-16-4/h11-12,16H,6-10H2,1-5H3,(H,17,21). The van der Waals surface area contributed by atoms with Crippen molar-refractivity contribution in [1.29, 1.82) is 0 Å². The highest BCUT2D eigenvalue weighted by molar-refractivity contribution is 7.98. The number of aromatic nitrogens is 3. The highest BCUT2D eigenvalue weighted by Gasteiger charge is 2.13. The summed E-state index contributed by atoms with van der Waals surface area (Å²) in [7, 11) is 1.86. The van der Waals surface area contributed by atoms with Crippen LogP contribution in [0.3, 0.4) is 0 Å². The zero-order valence-corrected chi connectivity index (χ0v) is 15.2. The zero-order chi connectivity index (χ0) is 16.5. The second-order valence-corrected chi connectivity index (χ2v) is 6.73. The van der Waals surface area contributed by atoms with Crippen LogP contribution >= 0.6 is 11.8 Å². The number of nitrogens with zero attached hydrogens (tertiary/aromatic N) is 3. The molecule has 1 unspecified atom stereocenters. The monoisotopic (exact) mass is 327 g/mol. The first-order valence-corrected chi connectivity index (χ1v) is 9.10. The molecule has 126 valence electrons. The van der Waals surface area contributed by atoms with Crippen molar-refractivity contribution in [3.63, 3.8) is 0 Å². The molecule has 1 aromatic rings. The Morgan fingerprint density at radius 3 is 2.64 bits per heavy atom. The van der Waals surface area contributed by atoms with Gasteiger partial charge in [0.05, 0.1) is 0 Å². The Morgan fingerprint density at radius 2 is 2.05 bits per heavy atom. The Kier molecular flexibility index (Phi) is 8.48. The van der Waals surface area contributed by atoms with Gasteiger partial charge in [-0.15, -0.1) is 10.2 Å². The van der Waals surface area contributed by atoms with Crippen LogP contribution in [0.25, 0.3) is 0 Å². The van der Waals surface area contributed by atoms with Crippen molar-refractivity contribution >= 4 is 17.7 Å². The van der Waals surface area contributed by atoms with Gasteiger partial charge in [-0.05, 0) is 25.6 Å². The van der Waals surface area contributed by atoms with Crippen LogP contribution in [0.5, 0.6) is 0 Å². The van der Waals surface area contributed by atoms with Crippen LogP contribution in [-0.4, -0.2) is 47.1 Å². The van der Waals surface area contributed by atoms with Gasteiger partial charge in [-0.2, -0.15) is 0 Å². The van der Waals surface area contributed by atoms with Gasteiger partial charge >= 0.3 is 0 Å². The summed E-state index contributed by atoms with van der Waals surface area (Å²) in [5, 5.41) is 15.5. The lowest BCUT2D eigenvalue weighted by molar-refractivity contribution is -0.124. The quantitative estimate of drug-likeness (QED) is 0.504. The second-order valence-electron chi connectivity index (χ2n) is 5.96. The van der Waals surface area contributed by atoms with Crippen LogP contribution in [-0.2, 0) is 17.8 Å². The molecule has 22 heavy (non-hydrogen) atoms. The van der Waals surface area contributed by atoms with E-state index < -0.39 is 0 Å². The Labute approximate surface area is 137 Å². The van der Waals surface area contributed by atoms with Gasteiger partial charge in [-0.1, -0.05) is 32.5 Å². The number of hydrogen-bond acceptors (Lipinski definition) is 5. The summed E-state index contributed by atoms with van der Waals surface area (Å²) in [6.45, 7) is 8.62. The van der Waals surface area contributed by atoms with E-state index in [1.807, 2.05) is 20.2 Å². The van der Waals surface area contributed by atoms with Crippen molar-refractivity contribution in [2.45, 2.75) is 45.3 Å². The van der Waals surface area contributed by atoms with Gasteiger partial charge in [0.15, 0.2) is 5.16 Å². The lowest BCUT2D eigenvalue weighted by Crippen LogP contribution is -2.35. The van der Waals surface area contributed by atoms with Gasteiger partial charge in [-0.3, -0.25) is 4.79 Å². The maximum absolute atomic E-state index is 11.8. The number of aryl methyl sites for hydroxylation is 1. The number of nitrogens with one attached hydrogen (secondary N) is 2. The molecule has 1 aromatic heterocycles. The van der Waals surface area contributed by atoms with Crippen molar-refractivity contribution in [3.05, 3.63) is 5.82 Å². The number of carbonyl (C=O) groups is 1. The minimum absolute atomic E-state index is 0.00214. The van der Waals surface area contributed by atoms with Crippen molar-refractivity contribution in [1.82, 2.24) is 25.4 Å². The molecule has 6 nitrogen and oxygen atoms in total. The molecule has 0 aromatic carbocycles. The third-order valence-corrected chi connectivity index (χ3v) is 4.03. The molecule has 0 bridgehead atoms. The Balaban J connectivity index is 2.45. The maximum atomic E-state index is 11.8. The van der Waals surface area contributed by atoms with E-state index in [4.69, 9.17) is 0 Å². The van der Waals surface area contributed by atoms with Gasteiger partial charge in [-0.25, -0.2) is 0 Å². The van der Waals surface area contributed by atoms with E-state index in [1.165, 1.54) is 0 Å². The molecule has 1 amide bonds. The van der Waals surface area contributed by atoms with E-state index in [2.05, 4.69) is 39.2 Å². The number of hydrogen-bond donors (Lipinski definition) is 2. The minimum Gasteiger partial charge on any atom is -0.356 e. The van der Waals surface area contributed by atoms with Gasteiger partial charge < -0.3 is 15.2 Å². The summed E-state index contributed by atoms with van der Waals surface area (Å²) in [6.07, 6.45) is 3.73. The first-order valence-electron chi connectivity index (χ1n) is 7.88. The fourth-order valence-corrected chi connectivity index (χ4v) is 2.76. The summed E-state index contributed by atoms with van der Waals surface area (Å²) >= 11 is 1.62. The Hall–Kier alpha value is -1.08. The zero-order valence-electron chi connectivity index (χ0n) is 14.3. The van der Waals surface area contributed by atoms with E-state index in [1.54, 1.807) is 11.8 Å². The molecule has 0 saturated carbocycles. The summed E-state index contributed by atoms with van der Waals surface area (Å²) in [5.74, 6) is 1.67.